The third kappa shape index (κ3) is 1.99. The summed E-state index contributed by atoms with van der Waals surface area (Å²) in [6, 6.07) is 0. The second kappa shape index (κ2) is 4.26. The number of halogens is 1. The van der Waals surface area contributed by atoms with Gasteiger partial charge in [-0.05, 0) is 22.9 Å². The molecule has 0 fully saturated rings. The van der Waals surface area contributed by atoms with E-state index in [9.17, 15) is 14.7 Å². The number of nitrogens with zero attached hydrogens (tertiary/aromatic N) is 2. The number of H-pyrrole nitrogens is 2. The first kappa shape index (κ1) is 12.3. The van der Waals surface area contributed by atoms with E-state index in [1.807, 2.05) is 0 Å². The summed E-state index contributed by atoms with van der Waals surface area (Å²) in [5.41, 5.74) is 3.97. The van der Waals surface area contributed by atoms with Crippen molar-refractivity contribution in [2.75, 3.05) is 5.73 Å². The first-order valence-electron chi connectivity index (χ1n) is 4.75. The van der Waals surface area contributed by atoms with E-state index in [4.69, 9.17) is 5.73 Å². The van der Waals surface area contributed by atoms with Crippen molar-refractivity contribution in [3.8, 4) is 0 Å². The van der Waals surface area contributed by atoms with Crippen molar-refractivity contribution in [1.29, 1.82) is 0 Å². The number of anilines is 1. The molecule has 0 aliphatic heterocycles. The molecule has 0 bridgehead atoms. The predicted octanol–water partition coefficient (Wildman–Crippen LogP) is 0.230. The number of rotatable bonds is 1. The van der Waals surface area contributed by atoms with Gasteiger partial charge in [0.05, 0.1) is 4.48 Å². The second-order valence-electron chi connectivity index (χ2n) is 3.46. The summed E-state index contributed by atoms with van der Waals surface area (Å²) in [4.78, 5) is 35.6. The zero-order valence-corrected chi connectivity index (χ0v) is 10.7. The number of aliphatic hydroxyl groups is 1. The smallest absolute Gasteiger partial charge is 0.280 e. The van der Waals surface area contributed by atoms with Crippen LogP contribution in [0.4, 0.5) is 5.95 Å². The van der Waals surface area contributed by atoms with E-state index in [1.54, 1.807) is 0 Å². The minimum atomic E-state index is -0.597. The Kier molecular flexibility index (Phi) is 2.91. The SMILES string of the molecule is C/C(O)=C(\Br)c1nc2c(=O)[nH]c(N)nc2[nH]c1=O. The molecule has 0 amide bonds. The number of hydrogen-bond donors (Lipinski definition) is 4. The molecule has 0 saturated heterocycles. The van der Waals surface area contributed by atoms with Gasteiger partial charge in [-0.25, -0.2) is 4.98 Å². The molecular formula is C9H8BrN5O3. The van der Waals surface area contributed by atoms with Crippen molar-refractivity contribution in [3.63, 3.8) is 0 Å². The summed E-state index contributed by atoms with van der Waals surface area (Å²) in [7, 11) is 0. The molecule has 0 saturated carbocycles. The molecule has 8 nitrogen and oxygen atoms in total. The monoisotopic (exact) mass is 313 g/mol. The van der Waals surface area contributed by atoms with Gasteiger partial charge in [0.25, 0.3) is 11.1 Å². The maximum absolute atomic E-state index is 11.7. The molecule has 2 heterocycles. The fraction of sp³-hybridized carbons (Fsp3) is 0.111. The van der Waals surface area contributed by atoms with Gasteiger partial charge in [-0.3, -0.25) is 14.6 Å². The van der Waals surface area contributed by atoms with Crippen LogP contribution in [0, 0.1) is 0 Å². The van der Waals surface area contributed by atoms with E-state index in [-0.39, 0.29) is 33.0 Å². The van der Waals surface area contributed by atoms with Gasteiger partial charge >= 0.3 is 0 Å². The van der Waals surface area contributed by atoms with Gasteiger partial charge in [0.1, 0.15) is 11.5 Å². The van der Waals surface area contributed by atoms with Crippen LogP contribution >= 0.6 is 15.9 Å². The summed E-state index contributed by atoms with van der Waals surface area (Å²) in [6.07, 6.45) is 0. The number of aromatic amines is 2. The van der Waals surface area contributed by atoms with E-state index >= 15 is 0 Å². The number of nitrogens with one attached hydrogen (secondary N) is 2. The highest BCUT2D eigenvalue weighted by Gasteiger charge is 2.13. The molecule has 0 aliphatic carbocycles. The molecule has 0 radical (unpaired) electrons. The fourth-order valence-electron chi connectivity index (χ4n) is 1.32. The van der Waals surface area contributed by atoms with Gasteiger partial charge in [-0.15, -0.1) is 0 Å². The van der Waals surface area contributed by atoms with Crippen molar-refractivity contribution >= 4 is 37.5 Å². The molecule has 0 aliphatic rings. The van der Waals surface area contributed by atoms with Crippen molar-refractivity contribution in [3.05, 3.63) is 32.2 Å². The molecular weight excluding hydrogens is 306 g/mol. The van der Waals surface area contributed by atoms with E-state index in [0.717, 1.165) is 0 Å². The Balaban J connectivity index is 2.90. The van der Waals surface area contributed by atoms with E-state index in [2.05, 4.69) is 35.9 Å². The van der Waals surface area contributed by atoms with E-state index in [0.29, 0.717) is 0 Å². The number of hydrogen-bond acceptors (Lipinski definition) is 6. The molecule has 2 aromatic rings. The van der Waals surface area contributed by atoms with Gasteiger partial charge in [0.15, 0.2) is 11.2 Å². The summed E-state index contributed by atoms with van der Waals surface area (Å²) < 4.78 is 0.0990. The van der Waals surface area contributed by atoms with Crippen LogP contribution in [0.2, 0.25) is 0 Å². The lowest BCUT2D eigenvalue weighted by Gasteiger charge is -2.02. The highest BCUT2D eigenvalue weighted by atomic mass is 79.9. The zero-order chi connectivity index (χ0) is 13.4. The molecule has 0 unspecified atom stereocenters. The van der Waals surface area contributed by atoms with Crippen LogP contribution in [0.5, 0.6) is 0 Å². The molecule has 18 heavy (non-hydrogen) atoms. The molecule has 0 spiro atoms. The largest absolute Gasteiger partial charge is 0.511 e. The summed E-state index contributed by atoms with van der Waals surface area (Å²) in [5.74, 6) is -0.252. The Morgan fingerprint density at radius 3 is 2.56 bits per heavy atom. The van der Waals surface area contributed by atoms with Crippen LogP contribution in [0.3, 0.4) is 0 Å². The Bertz CT molecular complexity index is 772. The Morgan fingerprint density at radius 2 is 1.94 bits per heavy atom. The molecule has 0 atom stereocenters. The maximum Gasteiger partial charge on any atom is 0.280 e. The molecule has 2 rings (SSSR count). The minimum absolute atomic E-state index is 0.0131. The minimum Gasteiger partial charge on any atom is -0.511 e. The molecule has 2 aromatic heterocycles. The average molecular weight is 314 g/mol. The number of nitrogen functional groups attached to an aromatic ring is 1. The standard InChI is InChI=1S/C9H8BrN5O3/c1-2(16)3(10)4-7(17)13-6-5(12-4)8(18)15-9(11)14-6/h16H,1H3,(H4,11,13,14,15,17,18)/b3-2+. The second-order valence-corrected chi connectivity index (χ2v) is 4.26. The highest BCUT2D eigenvalue weighted by Crippen LogP contribution is 2.19. The van der Waals surface area contributed by atoms with Crippen molar-refractivity contribution in [1.82, 2.24) is 19.9 Å². The topological polar surface area (TPSA) is 138 Å². The third-order valence-electron chi connectivity index (χ3n) is 2.11. The number of fused-ring (bicyclic) bond motifs is 1. The van der Waals surface area contributed by atoms with Gasteiger partial charge in [0.2, 0.25) is 5.95 Å². The number of aliphatic hydroxyl groups excluding tert-OH is 1. The molecule has 9 heteroatoms. The quantitative estimate of drug-likeness (QED) is 0.556. The van der Waals surface area contributed by atoms with Crippen molar-refractivity contribution in [2.24, 2.45) is 0 Å². The van der Waals surface area contributed by atoms with E-state index < -0.39 is 11.1 Å². The van der Waals surface area contributed by atoms with Gasteiger partial charge in [-0.2, -0.15) is 4.98 Å². The highest BCUT2D eigenvalue weighted by molar-refractivity contribution is 9.15. The van der Waals surface area contributed by atoms with Gasteiger partial charge in [-0.1, -0.05) is 0 Å². The first-order valence-corrected chi connectivity index (χ1v) is 5.55. The lowest BCUT2D eigenvalue weighted by molar-refractivity contribution is 0.419. The lowest BCUT2D eigenvalue weighted by Crippen LogP contribution is -2.20. The maximum atomic E-state index is 11.7. The van der Waals surface area contributed by atoms with Crippen LogP contribution < -0.4 is 16.9 Å². The number of allylic oxidation sites excluding steroid dienone is 1. The van der Waals surface area contributed by atoms with Crippen molar-refractivity contribution < 1.29 is 5.11 Å². The number of aromatic nitrogens is 4. The fourth-order valence-corrected chi connectivity index (χ4v) is 1.59. The van der Waals surface area contributed by atoms with Crippen LogP contribution in [-0.4, -0.2) is 25.0 Å². The zero-order valence-electron chi connectivity index (χ0n) is 9.11. The normalized spacial score (nSPS) is 12.6. The Morgan fingerprint density at radius 1 is 1.28 bits per heavy atom. The van der Waals surface area contributed by atoms with Crippen LogP contribution in [0.1, 0.15) is 12.6 Å². The third-order valence-corrected chi connectivity index (χ3v) is 3.06. The van der Waals surface area contributed by atoms with Crippen molar-refractivity contribution in [2.45, 2.75) is 6.92 Å². The Hall–Kier alpha value is -2.16. The first-order chi connectivity index (χ1) is 8.40. The Labute approximate surface area is 108 Å². The predicted molar refractivity (Wildman–Crippen MR) is 69.3 cm³/mol. The van der Waals surface area contributed by atoms with E-state index in [1.165, 1.54) is 6.92 Å². The molecule has 0 aromatic carbocycles. The van der Waals surface area contributed by atoms with Gasteiger partial charge < -0.3 is 15.8 Å². The summed E-state index contributed by atoms with van der Waals surface area (Å²) >= 11 is 3.02. The van der Waals surface area contributed by atoms with Crippen LogP contribution in [-0.2, 0) is 0 Å². The number of nitrogens with two attached hydrogens (primary N) is 1. The molecule has 94 valence electrons. The van der Waals surface area contributed by atoms with Crippen LogP contribution in [0.15, 0.2) is 15.3 Å². The van der Waals surface area contributed by atoms with Crippen LogP contribution in [0.25, 0.3) is 15.6 Å². The lowest BCUT2D eigenvalue weighted by atomic mass is 10.3. The summed E-state index contributed by atoms with van der Waals surface area (Å²) in [6.45, 7) is 1.38. The summed E-state index contributed by atoms with van der Waals surface area (Å²) in [5, 5.41) is 9.30. The molecule has 5 N–H and O–H groups in total. The average Bonchev–Trinajstić information content (AvgIpc) is 2.26. The van der Waals surface area contributed by atoms with Gasteiger partial charge in [0, 0.05) is 0 Å².